The number of rotatable bonds is 9. The van der Waals surface area contributed by atoms with E-state index in [4.69, 9.17) is 31.3 Å². The van der Waals surface area contributed by atoms with Crippen molar-refractivity contribution in [3.05, 3.63) is 29.3 Å². The number of methoxy groups -OCH3 is 1. The molecule has 7 nitrogen and oxygen atoms in total. The summed E-state index contributed by atoms with van der Waals surface area (Å²) < 4.78 is 5.37. The molecule has 1 aliphatic carbocycles. The minimum absolute atomic E-state index is 0.114. The minimum Gasteiger partial charge on any atom is -0.500 e. The van der Waals surface area contributed by atoms with Crippen LogP contribution in [0.2, 0.25) is 0 Å². The van der Waals surface area contributed by atoms with Crippen LogP contribution in [-0.2, 0) is 11.2 Å². The normalized spacial score (nSPS) is 20.8. The Morgan fingerprint density at radius 3 is 2.58 bits per heavy atom. The molecule has 0 saturated carbocycles. The Morgan fingerprint density at radius 1 is 1.23 bits per heavy atom. The van der Waals surface area contributed by atoms with Gasteiger partial charge in [-0.3, -0.25) is 0 Å². The van der Waals surface area contributed by atoms with Gasteiger partial charge in [0.15, 0.2) is 0 Å². The third-order valence-electron chi connectivity index (χ3n) is 6.13. The van der Waals surface area contributed by atoms with Crippen molar-refractivity contribution >= 4 is 23.5 Å². The van der Waals surface area contributed by atoms with Crippen molar-refractivity contribution in [1.82, 2.24) is 20.3 Å². The number of allylic oxidation sites excluding steroid dienone is 4. The molecule has 0 radical (unpaired) electrons. The average molecular weight is 449 g/mol. The van der Waals surface area contributed by atoms with E-state index in [1.807, 2.05) is 6.08 Å². The summed E-state index contributed by atoms with van der Waals surface area (Å²) in [5.74, 6) is 3.40. The van der Waals surface area contributed by atoms with E-state index in [1.165, 1.54) is 5.57 Å². The van der Waals surface area contributed by atoms with Gasteiger partial charge in [0.05, 0.1) is 12.5 Å². The van der Waals surface area contributed by atoms with E-state index >= 15 is 0 Å². The Morgan fingerprint density at radius 2 is 1.97 bits per heavy atom. The molecule has 2 heterocycles. The summed E-state index contributed by atoms with van der Waals surface area (Å²) in [5, 5.41) is 6.69. The van der Waals surface area contributed by atoms with Crippen LogP contribution in [0.15, 0.2) is 23.5 Å². The molecule has 0 bridgehead atoms. The lowest BCUT2D eigenvalue weighted by Crippen LogP contribution is -2.42. The monoisotopic (exact) mass is 448 g/mol. The Hall–Kier alpha value is -1.86. The quantitative estimate of drug-likeness (QED) is 0.554. The Labute approximate surface area is 191 Å². The van der Waals surface area contributed by atoms with Crippen LogP contribution in [0, 0.1) is 5.92 Å². The highest BCUT2D eigenvalue weighted by Gasteiger charge is 2.25. The third kappa shape index (κ3) is 6.32. The fraction of sp³-hybridized carbons (Fsp3) is 0.696. The van der Waals surface area contributed by atoms with Gasteiger partial charge in [0, 0.05) is 25.6 Å². The lowest BCUT2D eigenvalue weighted by Gasteiger charge is -2.32. The molecule has 3 rings (SSSR count). The van der Waals surface area contributed by atoms with E-state index in [1.54, 1.807) is 7.11 Å². The van der Waals surface area contributed by atoms with Crippen LogP contribution in [0.25, 0.3) is 0 Å². The molecule has 1 aromatic heterocycles. The number of alkyl halides is 1. The second kappa shape index (κ2) is 11.1. The summed E-state index contributed by atoms with van der Waals surface area (Å²) in [5.41, 5.74) is 1.33. The second-order valence-corrected chi connectivity index (χ2v) is 9.29. The fourth-order valence-electron chi connectivity index (χ4n) is 4.26. The van der Waals surface area contributed by atoms with Crippen LogP contribution < -0.4 is 15.5 Å². The second-order valence-electron chi connectivity index (χ2n) is 8.76. The molecule has 1 aliphatic heterocycles. The largest absolute Gasteiger partial charge is 0.500 e. The summed E-state index contributed by atoms with van der Waals surface area (Å²) in [6.07, 6.45) is 8.91. The van der Waals surface area contributed by atoms with E-state index in [0.29, 0.717) is 17.9 Å². The summed E-state index contributed by atoms with van der Waals surface area (Å²) >= 11 is 6.52. The van der Waals surface area contributed by atoms with Gasteiger partial charge in [0.25, 0.3) is 0 Å². The summed E-state index contributed by atoms with van der Waals surface area (Å²) in [7, 11) is 3.77. The van der Waals surface area contributed by atoms with Crippen molar-refractivity contribution in [2.24, 2.45) is 5.92 Å². The number of hydrogen-bond donors (Lipinski definition) is 2. The first-order valence-electron chi connectivity index (χ1n) is 11.4. The van der Waals surface area contributed by atoms with Gasteiger partial charge in [-0.2, -0.15) is 15.0 Å². The molecular weight excluding hydrogens is 412 g/mol. The van der Waals surface area contributed by atoms with Crippen LogP contribution in [-0.4, -0.2) is 59.7 Å². The van der Waals surface area contributed by atoms with Gasteiger partial charge >= 0.3 is 0 Å². The molecule has 2 atom stereocenters. The van der Waals surface area contributed by atoms with Crippen LogP contribution in [0.1, 0.15) is 52.3 Å². The fourth-order valence-corrected chi connectivity index (χ4v) is 4.60. The molecule has 31 heavy (non-hydrogen) atoms. The first-order chi connectivity index (χ1) is 14.9. The summed E-state index contributed by atoms with van der Waals surface area (Å²) in [6, 6.07) is 0.700. The SMILES string of the molecule is CCC(Cc1nc(NC(C)C)nc(N(C)C2CCNCC2)n1)C1=CC=C(OC)C(Cl)C1. The average Bonchev–Trinajstić information content (AvgIpc) is 2.77. The van der Waals surface area contributed by atoms with Gasteiger partial charge in [-0.1, -0.05) is 18.6 Å². The molecule has 0 aromatic carbocycles. The van der Waals surface area contributed by atoms with Crippen LogP contribution in [0.5, 0.6) is 0 Å². The van der Waals surface area contributed by atoms with E-state index < -0.39 is 0 Å². The first kappa shape index (κ1) is 23.8. The Balaban J connectivity index is 1.84. The smallest absolute Gasteiger partial charge is 0.230 e. The summed E-state index contributed by atoms with van der Waals surface area (Å²) in [6.45, 7) is 8.48. The molecule has 1 saturated heterocycles. The molecule has 0 spiro atoms. The first-order valence-corrected chi connectivity index (χ1v) is 11.9. The predicted molar refractivity (Wildman–Crippen MR) is 128 cm³/mol. The van der Waals surface area contributed by atoms with Crippen LogP contribution in [0.3, 0.4) is 0 Å². The lowest BCUT2D eigenvalue weighted by atomic mass is 9.87. The number of piperidine rings is 1. The number of nitrogens with one attached hydrogen (secondary N) is 2. The van der Waals surface area contributed by atoms with Crippen LogP contribution >= 0.6 is 11.6 Å². The van der Waals surface area contributed by atoms with Gasteiger partial charge in [-0.25, -0.2) is 0 Å². The maximum atomic E-state index is 6.52. The van der Waals surface area contributed by atoms with Crippen molar-refractivity contribution in [2.45, 2.75) is 70.3 Å². The van der Waals surface area contributed by atoms with Gasteiger partial charge < -0.3 is 20.3 Å². The topological polar surface area (TPSA) is 75.2 Å². The number of hydrogen-bond acceptors (Lipinski definition) is 7. The molecule has 1 aromatic rings. The highest BCUT2D eigenvalue weighted by Crippen LogP contribution is 2.32. The zero-order chi connectivity index (χ0) is 22.4. The molecule has 0 amide bonds. The summed E-state index contributed by atoms with van der Waals surface area (Å²) in [4.78, 5) is 16.6. The van der Waals surface area contributed by atoms with Crippen molar-refractivity contribution in [3.63, 3.8) is 0 Å². The van der Waals surface area contributed by atoms with E-state index in [9.17, 15) is 0 Å². The number of anilines is 2. The van der Waals surface area contributed by atoms with Gasteiger partial charge in [0.1, 0.15) is 11.6 Å². The zero-order valence-electron chi connectivity index (χ0n) is 19.5. The zero-order valence-corrected chi connectivity index (χ0v) is 20.2. The van der Waals surface area contributed by atoms with Crippen molar-refractivity contribution < 1.29 is 4.74 Å². The molecule has 172 valence electrons. The predicted octanol–water partition coefficient (Wildman–Crippen LogP) is 3.92. The number of aromatic nitrogens is 3. The van der Waals surface area contributed by atoms with Gasteiger partial charge in [0.2, 0.25) is 11.9 Å². The van der Waals surface area contributed by atoms with E-state index in [2.05, 4.69) is 49.4 Å². The van der Waals surface area contributed by atoms with Gasteiger partial charge in [-0.15, -0.1) is 11.6 Å². The van der Waals surface area contributed by atoms with Crippen LogP contribution in [0.4, 0.5) is 11.9 Å². The molecule has 2 N–H and O–H groups in total. The molecule has 1 fully saturated rings. The maximum Gasteiger partial charge on any atom is 0.230 e. The van der Waals surface area contributed by atoms with E-state index in [-0.39, 0.29) is 11.4 Å². The standard InChI is InChI=1S/C23H37ClN6O/c1-6-16(17-7-8-20(31-5)19(24)13-17)14-21-27-22(26-15(2)3)29-23(28-21)30(4)18-9-11-25-12-10-18/h7-8,15-16,18-19,25H,6,9-14H2,1-5H3,(H,26,27,28,29). The maximum absolute atomic E-state index is 6.52. The van der Waals surface area contributed by atoms with Crippen molar-refractivity contribution in [3.8, 4) is 0 Å². The Bertz CT molecular complexity index is 790. The van der Waals surface area contributed by atoms with Crippen molar-refractivity contribution in [1.29, 1.82) is 0 Å². The number of nitrogens with zero attached hydrogens (tertiary/aromatic N) is 4. The number of halogens is 1. The highest BCUT2D eigenvalue weighted by molar-refractivity contribution is 6.22. The highest BCUT2D eigenvalue weighted by atomic mass is 35.5. The molecule has 2 unspecified atom stereocenters. The Kier molecular flexibility index (Phi) is 8.55. The third-order valence-corrected chi connectivity index (χ3v) is 6.50. The number of ether oxygens (including phenoxy) is 1. The molecule has 8 heteroatoms. The molecule has 2 aliphatic rings. The molecular formula is C23H37ClN6O. The van der Waals surface area contributed by atoms with E-state index in [0.717, 1.165) is 62.7 Å². The lowest BCUT2D eigenvalue weighted by molar-refractivity contribution is 0.276. The van der Waals surface area contributed by atoms with Gasteiger partial charge in [-0.05, 0) is 64.6 Å². The minimum atomic E-state index is -0.114. The van der Waals surface area contributed by atoms with Crippen molar-refractivity contribution in [2.75, 3.05) is 37.5 Å².